The van der Waals surface area contributed by atoms with Gasteiger partial charge in [0.05, 0.1) is 0 Å². The fraction of sp³-hybridized carbons (Fsp3) is 0.714. The van der Waals surface area contributed by atoms with Crippen molar-refractivity contribution in [2.75, 3.05) is 0 Å². The Balaban J connectivity index is 0.000000500. The molecule has 2 nitrogen and oxygen atoms in total. The summed E-state index contributed by atoms with van der Waals surface area (Å²) in [6.45, 7) is 0. The molecule has 0 aromatic heterocycles. The van der Waals surface area contributed by atoms with Crippen molar-refractivity contribution in [2.24, 2.45) is 23.3 Å². The second-order valence-electron chi connectivity index (χ2n) is 3.10. The lowest BCUT2D eigenvalue weighted by molar-refractivity contribution is 0.499. The van der Waals surface area contributed by atoms with Gasteiger partial charge in [-0.15, -0.1) is 24.8 Å². The first-order valence-corrected chi connectivity index (χ1v) is 3.48. The van der Waals surface area contributed by atoms with E-state index in [4.69, 9.17) is 11.5 Å². The van der Waals surface area contributed by atoms with Crippen molar-refractivity contribution in [1.29, 1.82) is 0 Å². The third-order valence-electron chi connectivity index (χ3n) is 2.58. The molecule has 2 rings (SSSR count). The van der Waals surface area contributed by atoms with Crippen LogP contribution in [0, 0.1) is 11.8 Å². The van der Waals surface area contributed by atoms with Crippen LogP contribution < -0.4 is 11.5 Å². The number of hydrogen-bond donors (Lipinski definition) is 2. The van der Waals surface area contributed by atoms with Crippen LogP contribution in [0.3, 0.4) is 0 Å². The number of nitrogens with two attached hydrogens (primary N) is 2. The van der Waals surface area contributed by atoms with E-state index in [2.05, 4.69) is 12.2 Å². The average Bonchev–Trinajstić information content (AvgIpc) is 2.37. The third-order valence-corrected chi connectivity index (χ3v) is 2.58. The van der Waals surface area contributed by atoms with Crippen LogP contribution in [0.4, 0.5) is 0 Å². The topological polar surface area (TPSA) is 52.0 Å². The molecule has 0 aliphatic heterocycles. The smallest absolute Gasteiger partial charge is 0.0262 e. The van der Waals surface area contributed by atoms with E-state index in [1.807, 2.05) is 0 Å². The standard InChI is InChI=1S/C7H12N2.2ClH/c8-6-4-1-2-5(3-4)7(6)9;;/h1-2,4-7H,3,8-9H2;2*1H/t4-,5+,6?,7?;;. The van der Waals surface area contributed by atoms with Gasteiger partial charge in [-0.05, 0) is 18.3 Å². The van der Waals surface area contributed by atoms with Crippen molar-refractivity contribution in [3.63, 3.8) is 0 Å². The molecular weight excluding hydrogens is 183 g/mol. The Morgan fingerprint density at radius 2 is 1.27 bits per heavy atom. The zero-order valence-electron chi connectivity index (χ0n) is 6.14. The molecule has 0 spiro atoms. The summed E-state index contributed by atoms with van der Waals surface area (Å²) < 4.78 is 0. The minimum Gasteiger partial charge on any atom is -0.326 e. The Kier molecular flexibility index (Phi) is 3.85. The van der Waals surface area contributed by atoms with E-state index in [0.717, 1.165) is 0 Å². The summed E-state index contributed by atoms with van der Waals surface area (Å²) in [5.41, 5.74) is 11.6. The number of halogens is 2. The lowest BCUT2D eigenvalue weighted by Gasteiger charge is -2.19. The molecular formula is C7H14Cl2N2. The predicted octanol–water partition coefficient (Wildman–Crippen LogP) is 0.691. The highest BCUT2D eigenvalue weighted by molar-refractivity contribution is 5.85. The van der Waals surface area contributed by atoms with Crippen molar-refractivity contribution >= 4 is 24.8 Å². The Morgan fingerprint density at radius 1 is 0.909 bits per heavy atom. The molecule has 11 heavy (non-hydrogen) atoms. The Bertz CT molecular complexity index is 145. The Morgan fingerprint density at radius 3 is 1.45 bits per heavy atom. The van der Waals surface area contributed by atoms with Gasteiger partial charge in [-0.1, -0.05) is 12.2 Å². The third kappa shape index (κ3) is 1.54. The molecule has 1 fully saturated rings. The predicted molar refractivity (Wildman–Crippen MR) is 51.2 cm³/mol. The highest BCUT2D eigenvalue weighted by atomic mass is 35.5. The van der Waals surface area contributed by atoms with Crippen molar-refractivity contribution in [1.82, 2.24) is 0 Å². The summed E-state index contributed by atoms with van der Waals surface area (Å²) in [4.78, 5) is 0. The SMILES string of the molecule is Cl.Cl.NC1C(N)[C@H]2C=C[C@@H]1C2. The lowest BCUT2D eigenvalue weighted by Crippen LogP contribution is -2.43. The first-order chi connectivity index (χ1) is 4.29. The lowest BCUT2D eigenvalue weighted by atomic mass is 9.98. The van der Waals surface area contributed by atoms with Crippen molar-refractivity contribution in [2.45, 2.75) is 18.5 Å². The van der Waals surface area contributed by atoms with Crippen LogP contribution in [0.2, 0.25) is 0 Å². The van der Waals surface area contributed by atoms with Gasteiger partial charge in [-0.2, -0.15) is 0 Å². The zero-order chi connectivity index (χ0) is 6.43. The van der Waals surface area contributed by atoms with Gasteiger partial charge >= 0.3 is 0 Å². The molecule has 0 amide bonds. The summed E-state index contributed by atoms with van der Waals surface area (Å²) in [7, 11) is 0. The fourth-order valence-corrected chi connectivity index (χ4v) is 1.90. The average molecular weight is 197 g/mol. The van der Waals surface area contributed by atoms with Crippen molar-refractivity contribution < 1.29 is 0 Å². The molecule has 66 valence electrons. The first kappa shape index (κ1) is 11.2. The quantitative estimate of drug-likeness (QED) is 0.561. The van der Waals surface area contributed by atoms with E-state index in [1.165, 1.54) is 6.42 Å². The van der Waals surface area contributed by atoms with Crippen molar-refractivity contribution in [3.8, 4) is 0 Å². The van der Waals surface area contributed by atoms with Crippen LogP contribution in [0.1, 0.15) is 6.42 Å². The van der Waals surface area contributed by atoms with E-state index in [1.54, 1.807) is 0 Å². The first-order valence-electron chi connectivity index (χ1n) is 3.48. The Labute approximate surface area is 79.2 Å². The highest BCUT2D eigenvalue weighted by Gasteiger charge is 2.39. The molecule has 2 aliphatic carbocycles. The van der Waals surface area contributed by atoms with Crippen LogP contribution in [0.25, 0.3) is 0 Å². The van der Waals surface area contributed by atoms with E-state index in [9.17, 15) is 0 Å². The normalized spacial score (nSPS) is 44.9. The van der Waals surface area contributed by atoms with E-state index < -0.39 is 0 Å². The van der Waals surface area contributed by atoms with E-state index in [-0.39, 0.29) is 36.9 Å². The molecule has 0 heterocycles. The molecule has 2 aliphatic rings. The molecule has 0 aromatic rings. The maximum absolute atomic E-state index is 5.79. The maximum Gasteiger partial charge on any atom is 0.0262 e. The second kappa shape index (κ2) is 3.76. The minimum absolute atomic E-state index is 0. The number of fused-ring (bicyclic) bond motifs is 2. The molecule has 0 radical (unpaired) electrons. The van der Waals surface area contributed by atoms with Crippen molar-refractivity contribution in [3.05, 3.63) is 12.2 Å². The molecule has 4 heteroatoms. The Hall–Kier alpha value is 0.240. The van der Waals surface area contributed by atoms with Gasteiger partial charge in [0.25, 0.3) is 0 Å². The van der Waals surface area contributed by atoms with Crippen LogP contribution in [-0.2, 0) is 0 Å². The van der Waals surface area contributed by atoms with Gasteiger partial charge in [0, 0.05) is 12.1 Å². The fourth-order valence-electron chi connectivity index (χ4n) is 1.90. The largest absolute Gasteiger partial charge is 0.326 e. The van der Waals surface area contributed by atoms with Gasteiger partial charge in [-0.3, -0.25) is 0 Å². The van der Waals surface area contributed by atoms with Gasteiger partial charge < -0.3 is 11.5 Å². The summed E-state index contributed by atoms with van der Waals surface area (Å²) in [6, 6.07) is 0.472. The molecule has 0 saturated heterocycles. The van der Waals surface area contributed by atoms with Gasteiger partial charge in [-0.25, -0.2) is 0 Å². The summed E-state index contributed by atoms with van der Waals surface area (Å²) in [6.07, 6.45) is 5.61. The molecule has 2 unspecified atom stereocenters. The van der Waals surface area contributed by atoms with Gasteiger partial charge in [0.2, 0.25) is 0 Å². The zero-order valence-corrected chi connectivity index (χ0v) is 7.78. The minimum atomic E-state index is 0. The van der Waals surface area contributed by atoms with Crippen LogP contribution in [0.15, 0.2) is 12.2 Å². The van der Waals surface area contributed by atoms with E-state index in [0.29, 0.717) is 11.8 Å². The molecule has 2 bridgehead atoms. The van der Waals surface area contributed by atoms with Crippen LogP contribution >= 0.6 is 24.8 Å². The molecule has 4 N–H and O–H groups in total. The summed E-state index contributed by atoms with van der Waals surface area (Å²) in [5.74, 6) is 1.18. The highest BCUT2D eigenvalue weighted by Crippen LogP contribution is 2.36. The number of rotatable bonds is 0. The summed E-state index contributed by atoms with van der Waals surface area (Å²) in [5, 5.41) is 0. The maximum atomic E-state index is 5.79. The van der Waals surface area contributed by atoms with Gasteiger partial charge in [0.15, 0.2) is 0 Å². The molecule has 4 atom stereocenters. The monoisotopic (exact) mass is 196 g/mol. The van der Waals surface area contributed by atoms with Crippen LogP contribution in [-0.4, -0.2) is 12.1 Å². The van der Waals surface area contributed by atoms with Crippen LogP contribution in [0.5, 0.6) is 0 Å². The molecule has 1 saturated carbocycles. The summed E-state index contributed by atoms with van der Waals surface area (Å²) >= 11 is 0. The second-order valence-corrected chi connectivity index (χ2v) is 3.10. The number of hydrogen-bond acceptors (Lipinski definition) is 2. The van der Waals surface area contributed by atoms with E-state index >= 15 is 0 Å². The van der Waals surface area contributed by atoms with Gasteiger partial charge in [0.1, 0.15) is 0 Å². The molecule has 0 aromatic carbocycles.